The minimum absolute atomic E-state index is 0.0539. The Labute approximate surface area is 135 Å². The molecule has 1 aliphatic heterocycles. The molecule has 1 heterocycles. The van der Waals surface area contributed by atoms with Crippen LogP contribution < -0.4 is 0 Å². The summed E-state index contributed by atoms with van der Waals surface area (Å²) < 4.78 is 0. The van der Waals surface area contributed by atoms with Gasteiger partial charge in [0.2, 0.25) is 0 Å². The average molecular weight is 305 g/mol. The molecule has 0 bridgehead atoms. The number of hydrogen-bond acceptors (Lipinski definition) is 3. The second-order valence-electron chi connectivity index (χ2n) is 7.98. The van der Waals surface area contributed by atoms with E-state index in [0.29, 0.717) is 24.3 Å². The van der Waals surface area contributed by atoms with Crippen molar-refractivity contribution in [1.29, 1.82) is 0 Å². The lowest BCUT2D eigenvalue weighted by Crippen LogP contribution is -2.56. The van der Waals surface area contributed by atoms with Crippen molar-refractivity contribution in [3.8, 4) is 5.75 Å². The van der Waals surface area contributed by atoms with E-state index < -0.39 is 5.60 Å². The molecule has 2 rings (SSSR count). The first-order valence-electron chi connectivity index (χ1n) is 8.31. The van der Waals surface area contributed by atoms with Crippen molar-refractivity contribution in [1.82, 2.24) is 4.90 Å². The lowest BCUT2D eigenvalue weighted by Gasteiger charge is -2.51. The molecule has 0 amide bonds. The monoisotopic (exact) mass is 305 g/mol. The number of β-amino-alcohol motifs (C(OH)–C–C–N with tert-alkyl or cyclic N) is 1. The highest BCUT2D eigenvalue weighted by Gasteiger charge is 2.43. The molecule has 0 saturated carbocycles. The molecule has 0 radical (unpaired) electrons. The summed E-state index contributed by atoms with van der Waals surface area (Å²) in [5.41, 5.74) is 1.89. The second kappa shape index (κ2) is 5.86. The number of aliphatic hydroxyl groups is 1. The van der Waals surface area contributed by atoms with Gasteiger partial charge in [-0.3, -0.25) is 4.90 Å². The predicted octanol–water partition coefficient (Wildman–Crippen LogP) is 3.46. The Bertz CT molecular complexity index is 535. The van der Waals surface area contributed by atoms with Crippen LogP contribution in [0.2, 0.25) is 0 Å². The third-order valence-electron chi connectivity index (χ3n) is 5.65. The smallest absolute Gasteiger partial charge is 0.115 e. The number of aromatic hydroxyl groups is 1. The maximum absolute atomic E-state index is 10.1. The Kier molecular flexibility index (Phi) is 4.61. The number of benzene rings is 1. The molecule has 3 atom stereocenters. The van der Waals surface area contributed by atoms with Crippen molar-refractivity contribution in [3.05, 3.63) is 29.3 Å². The zero-order valence-corrected chi connectivity index (χ0v) is 14.8. The molecule has 2 N–H and O–H groups in total. The van der Waals surface area contributed by atoms with Crippen molar-refractivity contribution < 1.29 is 10.2 Å². The first kappa shape index (κ1) is 17.3. The van der Waals surface area contributed by atoms with Crippen LogP contribution in [0.3, 0.4) is 0 Å². The van der Waals surface area contributed by atoms with E-state index in [1.165, 1.54) is 11.1 Å². The molecule has 3 unspecified atom stereocenters. The topological polar surface area (TPSA) is 43.7 Å². The number of likely N-dealkylation sites (tertiary alicyclic amines) is 1. The fourth-order valence-corrected chi connectivity index (χ4v) is 3.98. The van der Waals surface area contributed by atoms with Gasteiger partial charge < -0.3 is 10.2 Å². The maximum Gasteiger partial charge on any atom is 0.115 e. The Hall–Kier alpha value is -1.06. The summed E-state index contributed by atoms with van der Waals surface area (Å²) in [6.07, 6.45) is 1.04. The van der Waals surface area contributed by atoms with Gasteiger partial charge in [-0.1, -0.05) is 19.9 Å². The van der Waals surface area contributed by atoms with Gasteiger partial charge >= 0.3 is 0 Å². The fourth-order valence-electron chi connectivity index (χ4n) is 3.98. The number of rotatable bonds is 3. The molecule has 124 valence electrons. The summed E-state index contributed by atoms with van der Waals surface area (Å²) in [5.74, 6) is 0.796. The van der Waals surface area contributed by atoms with Crippen molar-refractivity contribution in [2.24, 2.45) is 5.92 Å². The molecule has 22 heavy (non-hydrogen) atoms. The number of aryl methyl sites for hydroxylation is 1. The van der Waals surface area contributed by atoms with Crippen LogP contribution in [0.4, 0.5) is 0 Å². The fraction of sp³-hybridized carbons (Fsp3) is 0.684. The molecule has 1 aromatic rings. The van der Waals surface area contributed by atoms with Crippen molar-refractivity contribution in [2.75, 3.05) is 13.1 Å². The van der Waals surface area contributed by atoms with Gasteiger partial charge in [0.05, 0.1) is 5.60 Å². The van der Waals surface area contributed by atoms with Crippen LogP contribution in [-0.2, 0) is 5.41 Å². The molecular weight excluding hydrogens is 274 g/mol. The van der Waals surface area contributed by atoms with E-state index in [1.54, 1.807) is 6.07 Å². The third-order valence-corrected chi connectivity index (χ3v) is 5.65. The summed E-state index contributed by atoms with van der Waals surface area (Å²) >= 11 is 0. The van der Waals surface area contributed by atoms with Crippen molar-refractivity contribution >= 4 is 0 Å². The van der Waals surface area contributed by atoms with Crippen molar-refractivity contribution in [3.63, 3.8) is 0 Å². The van der Waals surface area contributed by atoms with Crippen molar-refractivity contribution in [2.45, 2.75) is 65.0 Å². The molecule has 1 fully saturated rings. The van der Waals surface area contributed by atoms with Crippen LogP contribution in [0.15, 0.2) is 18.2 Å². The number of hydrogen-bond donors (Lipinski definition) is 2. The molecule has 1 aliphatic rings. The highest BCUT2D eigenvalue weighted by atomic mass is 16.3. The van der Waals surface area contributed by atoms with E-state index in [0.717, 1.165) is 13.0 Å². The quantitative estimate of drug-likeness (QED) is 0.899. The summed E-state index contributed by atoms with van der Waals surface area (Å²) in [4.78, 5) is 2.39. The number of piperidine rings is 1. The van der Waals surface area contributed by atoms with E-state index in [1.807, 2.05) is 26.0 Å². The van der Waals surface area contributed by atoms with Crippen LogP contribution in [0.1, 0.15) is 52.2 Å². The number of phenols is 1. The van der Waals surface area contributed by atoms with Crippen LogP contribution >= 0.6 is 0 Å². The maximum atomic E-state index is 10.1. The lowest BCUT2D eigenvalue weighted by atomic mass is 9.64. The Balaban J connectivity index is 2.29. The zero-order valence-electron chi connectivity index (χ0n) is 14.8. The SMILES string of the molecule is Cc1ccc(O)cc1C1(C)CCN(CC(C)(C)O)C(C)C1C. The highest BCUT2D eigenvalue weighted by Crippen LogP contribution is 2.44. The van der Waals surface area contributed by atoms with Gasteiger partial charge in [-0.25, -0.2) is 0 Å². The first-order valence-corrected chi connectivity index (χ1v) is 8.31. The summed E-state index contributed by atoms with van der Waals surface area (Å²) in [6.45, 7) is 14.4. The second-order valence-corrected chi connectivity index (χ2v) is 7.98. The van der Waals surface area contributed by atoms with E-state index in [4.69, 9.17) is 0 Å². The van der Waals surface area contributed by atoms with Crippen LogP contribution in [0.25, 0.3) is 0 Å². The molecule has 0 aliphatic carbocycles. The van der Waals surface area contributed by atoms with Crippen LogP contribution in [0, 0.1) is 12.8 Å². The summed E-state index contributed by atoms with van der Waals surface area (Å²) in [6, 6.07) is 6.10. The average Bonchev–Trinajstić information content (AvgIpc) is 2.41. The first-order chi connectivity index (χ1) is 10.0. The largest absolute Gasteiger partial charge is 0.508 e. The van der Waals surface area contributed by atoms with Crippen LogP contribution in [-0.4, -0.2) is 39.8 Å². The highest BCUT2D eigenvalue weighted by molar-refractivity contribution is 5.40. The van der Waals surface area contributed by atoms with Gasteiger partial charge in [0.15, 0.2) is 0 Å². The minimum atomic E-state index is -0.664. The molecule has 0 spiro atoms. The normalized spacial score (nSPS) is 30.5. The van der Waals surface area contributed by atoms with Gasteiger partial charge in [0.25, 0.3) is 0 Å². The number of nitrogens with zero attached hydrogens (tertiary/aromatic N) is 1. The lowest BCUT2D eigenvalue weighted by molar-refractivity contribution is -0.0188. The molecule has 0 aromatic heterocycles. The van der Waals surface area contributed by atoms with E-state index in [-0.39, 0.29) is 5.41 Å². The zero-order chi connectivity index (χ0) is 16.7. The molecule has 3 heteroatoms. The molecule has 3 nitrogen and oxygen atoms in total. The molecule has 1 saturated heterocycles. The van der Waals surface area contributed by atoms with Gasteiger partial charge in [0, 0.05) is 12.6 Å². The minimum Gasteiger partial charge on any atom is -0.508 e. The number of phenolic OH excluding ortho intramolecular Hbond substituents is 1. The Morgan fingerprint density at radius 1 is 1.32 bits per heavy atom. The van der Waals surface area contributed by atoms with Gasteiger partial charge in [-0.2, -0.15) is 0 Å². The van der Waals surface area contributed by atoms with Gasteiger partial charge in [-0.05, 0) is 75.3 Å². The van der Waals surface area contributed by atoms with Gasteiger partial charge in [-0.15, -0.1) is 0 Å². The Morgan fingerprint density at radius 3 is 2.55 bits per heavy atom. The van der Waals surface area contributed by atoms with E-state index in [9.17, 15) is 10.2 Å². The molecule has 1 aromatic carbocycles. The van der Waals surface area contributed by atoms with E-state index >= 15 is 0 Å². The van der Waals surface area contributed by atoms with E-state index in [2.05, 4.69) is 32.6 Å². The molecular formula is C19H31NO2. The predicted molar refractivity (Wildman–Crippen MR) is 91.3 cm³/mol. The summed E-state index contributed by atoms with van der Waals surface area (Å²) in [7, 11) is 0. The van der Waals surface area contributed by atoms with Gasteiger partial charge in [0.1, 0.15) is 5.75 Å². The summed E-state index contributed by atoms with van der Waals surface area (Å²) in [5, 5.41) is 20.0. The third kappa shape index (κ3) is 3.31. The standard InChI is InChI=1S/C19H31NO2/c1-13-7-8-16(21)11-17(13)19(6)9-10-20(12-18(4,5)22)15(3)14(19)2/h7-8,11,14-15,21-22H,9-10,12H2,1-6H3. The van der Waals surface area contributed by atoms with Crippen LogP contribution in [0.5, 0.6) is 5.75 Å². The Morgan fingerprint density at radius 2 is 1.95 bits per heavy atom.